The van der Waals surface area contributed by atoms with Crippen LogP contribution in [0.3, 0.4) is 0 Å². The lowest BCUT2D eigenvalue weighted by Gasteiger charge is -2.09. The van der Waals surface area contributed by atoms with E-state index in [1.54, 1.807) is 4.57 Å². The molecule has 2 aromatic carbocycles. The topological polar surface area (TPSA) is 34.9 Å². The molecule has 0 amide bonds. The van der Waals surface area contributed by atoms with E-state index in [-0.39, 0.29) is 5.56 Å². The van der Waals surface area contributed by atoms with Crippen molar-refractivity contribution in [2.24, 2.45) is 0 Å². The minimum Gasteiger partial charge on any atom is -0.301 e. The van der Waals surface area contributed by atoms with Crippen molar-refractivity contribution in [3.63, 3.8) is 0 Å². The number of benzene rings is 2. The van der Waals surface area contributed by atoms with E-state index in [1.807, 2.05) is 48.5 Å². The fraction of sp³-hybridized carbons (Fsp3) is 0.0667. The predicted octanol–water partition coefficient (Wildman–Crippen LogP) is 3.10. The number of nitrogens with zero attached hydrogens (tertiary/aromatic N) is 2. The summed E-state index contributed by atoms with van der Waals surface area (Å²) in [6.45, 7) is 0.513. The van der Waals surface area contributed by atoms with Gasteiger partial charge < -0.3 is 4.57 Å². The molecular formula is C15H11ClN2O. The number of hydrogen-bond acceptors (Lipinski definition) is 2. The Bertz CT molecular complexity index is 778. The van der Waals surface area contributed by atoms with Gasteiger partial charge in [0, 0.05) is 5.02 Å². The Morgan fingerprint density at radius 3 is 2.58 bits per heavy atom. The van der Waals surface area contributed by atoms with Crippen LogP contribution >= 0.6 is 11.6 Å². The van der Waals surface area contributed by atoms with Crippen LogP contribution in [0.5, 0.6) is 0 Å². The zero-order chi connectivity index (χ0) is 13.2. The first kappa shape index (κ1) is 11.9. The fourth-order valence-corrected chi connectivity index (χ4v) is 2.18. The van der Waals surface area contributed by atoms with E-state index in [4.69, 9.17) is 11.6 Å². The van der Waals surface area contributed by atoms with Gasteiger partial charge >= 0.3 is 0 Å². The molecule has 4 heteroatoms. The average molecular weight is 271 g/mol. The van der Waals surface area contributed by atoms with Gasteiger partial charge in [-0.3, -0.25) is 4.79 Å². The molecule has 0 aliphatic rings. The Morgan fingerprint density at radius 2 is 1.79 bits per heavy atom. The first-order valence-electron chi connectivity index (χ1n) is 5.93. The lowest BCUT2D eigenvalue weighted by Crippen LogP contribution is -2.20. The monoisotopic (exact) mass is 270 g/mol. The van der Waals surface area contributed by atoms with Crippen molar-refractivity contribution in [3.05, 3.63) is 75.7 Å². The van der Waals surface area contributed by atoms with Gasteiger partial charge in [-0.1, -0.05) is 35.9 Å². The molecule has 3 nitrogen and oxygen atoms in total. The minimum atomic E-state index is -0.103. The molecule has 1 aromatic heterocycles. The Kier molecular flexibility index (Phi) is 3.05. The summed E-state index contributed by atoms with van der Waals surface area (Å²) in [5.41, 5.74) is 2.58. The van der Waals surface area contributed by atoms with E-state index in [0.717, 1.165) is 16.6 Å². The Balaban J connectivity index is 2.12. The smallest absolute Gasteiger partial charge is 0.269 e. The van der Waals surface area contributed by atoms with Crippen molar-refractivity contribution in [2.75, 3.05) is 0 Å². The Morgan fingerprint density at radius 1 is 1.05 bits per heavy atom. The molecule has 0 spiro atoms. The highest BCUT2D eigenvalue weighted by molar-refractivity contribution is 6.30. The third kappa shape index (κ3) is 2.37. The van der Waals surface area contributed by atoms with Crippen molar-refractivity contribution < 1.29 is 0 Å². The van der Waals surface area contributed by atoms with Gasteiger partial charge in [0.15, 0.2) is 0 Å². The van der Waals surface area contributed by atoms with Gasteiger partial charge in [-0.2, -0.15) is 0 Å². The maximum atomic E-state index is 12.0. The first-order valence-corrected chi connectivity index (χ1v) is 6.31. The summed E-state index contributed by atoms with van der Waals surface area (Å²) < 4.78 is 1.71. The zero-order valence-electron chi connectivity index (χ0n) is 10.1. The molecule has 0 atom stereocenters. The van der Waals surface area contributed by atoms with Crippen LogP contribution in [-0.2, 0) is 6.54 Å². The van der Waals surface area contributed by atoms with Crippen molar-refractivity contribution >= 4 is 22.6 Å². The summed E-state index contributed by atoms with van der Waals surface area (Å²) >= 11 is 5.86. The SMILES string of the molecule is O=c1cnc2ccccc2n1Cc1ccc(Cl)cc1. The second-order valence-electron chi connectivity index (χ2n) is 4.30. The summed E-state index contributed by atoms with van der Waals surface area (Å²) in [6, 6.07) is 15.1. The number of fused-ring (bicyclic) bond motifs is 1. The number of hydrogen-bond donors (Lipinski definition) is 0. The molecule has 1 heterocycles. The summed E-state index contributed by atoms with van der Waals surface area (Å²) in [5, 5.41) is 0.690. The lowest BCUT2D eigenvalue weighted by atomic mass is 10.2. The van der Waals surface area contributed by atoms with Crippen LogP contribution in [0.25, 0.3) is 11.0 Å². The van der Waals surface area contributed by atoms with Crippen LogP contribution < -0.4 is 5.56 Å². The van der Waals surface area contributed by atoms with E-state index >= 15 is 0 Å². The standard InChI is InChI=1S/C15H11ClN2O/c16-12-7-5-11(6-8-12)10-18-14-4-2-1-3-13(14)17-9-15(18)19/h1-9H,10H2. The van der Waals surface area contributed by atoms with E-state index < -0.39 is 0 Å². The third-order valence-corrected chi connectivity index (χ3v) is 3.26. The summed E-state index contributed by atoms with van der Waals surface area (Å²) in [4.78, 5) is 16.1. The van der Waals surface area contributed by atoms with Gasteiger partial charge in [0.1, 0.15) is 0 Å². The first-order chi connectivity index (χ1) is 9.24. The Labute approximate surface area is 115 Å². The molecule has 3 rings (SSSR count). The van der Waals surface area contributed by atoms with Gasteiger partial charge in [0.25, 0.3) is 5.56 Å². The molecule has 19 heavy (non-hydrogen) atoms. The normalized spacial score (nSPS) is 10.8. The van der Waals surface area contributed by atoms with Crippen LogP contribution in [0.2, 0.25) is 5.02 Å². The molecule has 0 aliphatic carbocycles. The highest BCUT2D eigenvalue weighted by Crippen LogP contribution is 2.13. The third-order valence-electron chi connectivity index (χ3n) is 3.01. The van der Waals surface area contributed by atoms with Crippen molar-refractivity contribution in [1.82, 2.24) is 9.55 Å². The van der Waals surface area contributed by atoms with Gasteiger partial charge in [-0.15, -0.1) is 0 Å². The quantitative estimate of drug-likeness (QED) is 0.717. The fourth-order valence-electron chi connectivity index (χ4n) is 2.05. The van der Waals surface area contributed by atoms with Gasteiger partial charge in [0.05, 0.1) is 23.8 Å². The van der Waals surface area contributed by atoms with Crippen LogP contribution in [0.1, 0.15) is 5.56 Å². The molecular weight excluding hydrogens is 260 g/mol. The van der Waals surface area contributed by atoms with E-state index in [1.165, 1.54) is 6.20 Å². The average Bonchev–Trinajstić information content (AvgIpc) is 2.44. The molecule has 0 aliphatic heterocycles. The Hall–Kier alpha value is -2.13. The summed E-state index contributed by atoms with van der Waals surface area (Å²) in [6.07, 6.45) is 1.36. The van der Waals surface area contributed by atoms with Gasteiger partial charge in [0.2, 0.25) is 0 Å². The number of aromatic nitrogens is 2. The van der Waals surface area contributed by atoms with Crippen LogP contribution in [-0.4, -0.2) is 9.55 Å². The summed E-state index contributed by atoms with van der Waals surface area (Å²) in [7, 11) is 0. The lowest BCUT2D eigenvalue weighted by molar-refractivity contribution is 0.787. The maximum Gasteiger partial charge on any atom is 0.269 e. The molecule has 0 saturated carbocycles. The molecule has 94 valence electrons. The number of rotatable bonds is 2. The van der Waals surface area contributed by atoms with Crippen LogP contribution in [0, 0.1) is 0 Å². The van der Waals surface area contributed by atoms with Gasteiger partial charge in [-0.25, -0.2) is 4.98 Å². The number of para-hydroxylation sites is 2. The van der Waals surface area contributed by atoms with Crippen molar-refractivity contribution in [2.45, 2.75) is 6.54 Å². The molecule has 0 bridgehead atoms. The molecule has 0 N–H and O–H groups in total. The molecule has 0 radical (unpaired) electrons. The van der Waals surface area contributed by atoms with Crippen molar-refractivity contribution in [1.29, 1.82) is 0 Å². The van der Waals surface area contributed by atoms with Crippen LogP contribution in [0.4, 0.5) is 0 Å². The minimum absolute atomic E-state index is 0.103. The highest BCUT2D eigenvalue weighted by atomic mass is 35.5. The second-order valence-corrected chi connectivity index (χ2v) is 4.73. The van der Waals surface area contributed by atoms with E-state index in [2.05, 4.69) is 4.98 Å². The van der Waals surface area contributed by atoms with E-state index in [9.17, 15) is 4.79 Å². The molecule has 0 saturated heterocycles. The number of halogens is 1. The van der Waals surface area contributed by atoms with Crippen LogP contribution in [0.15, 0.2) is 59.5 Å². The summed E-state index contributed by atoms with van der Waals surface area (Å²) in [5.74, 6) is 0. The zero-order valence-corrected chi connectivity index (χ0v) is 10.8. The van der Waals surface area contributed by atoms with Crippen molar-refractivity contribution in [3.8, 4) is 0 Å². The van der Waals surface area contributed by atoms with Gasteiger partial charge in [-0.05, 0) is 29.8 Å². The second kappa shape index (κ2) is 4.86. The largest absolute Gasteiger partial charge is 0.301 e. The molecule has 0 fully saturated rings. The predicted molar refractivity (Wildman–Crippen MR) is 76.6 cm³/mol. The molecule has 3 aromatic rings. The molecule has 0 unspecified atom stereocenters. The van der Waals surface area contributed by atoms with E-state index in [0.29, 0.717) is 11.6 Å². The maximum absolute atomic E-state index is 12.0. The highest BCUT2D eigenvalue weighted by Gasteiger charge is 2.04.